The summed E-state index contributed by atoms with van der Waals surface area (Å²) in [4.78, 5) is 12.3. The molecule has 3 rings (SSSR count). The molecule has 0 aliphatic heterocycles. The number of carbonyl (C=O) groups excluding carboxylic acids is 1. The predicted molar refractivity (Wildman–Crippen MR) is 98.9 cm³/mol. The zero-order chi connectivity index (χ0) is 19.3. The molecule has 2 aliphatic rings. The normalized spacial score (nSPS) is 28.4. The van der Waals surface area contributed by atoms with Crippen molar-refractivity contribution in [3.05, 3.63) is 28.8 Å². The Morgan fingerprint density at radius 3 is 2.58 bits per heavy atom. The fraction of sp³-hybridized carbons (Fsp3) is 0.650. The number of rotatable bonds is 3. The molecule has 3 atom stereocenters. The molecule has 6 heteroatoms. The lowest BCUT2D eigenvalue weighted by Crippen LogP contribution is -2.46. The number of methoxy groups -OCH3 is 1. The van der Waals surface area contributed by atoms with Gasteiger partial charge in [0.05, 0.1) is 17.9 Å². The summed E-state index contributed by atoms with van der Waals surface area (Å²) in [6, 6.07) is 3.62. The lowest BCUT2D eigenvalue weighted by molar-refractivity contribution is -0.150. The van der Waals surface area contributed by atoms with Crippen LogP contribution in [0.2, 0.25) is 0 Å². The Labute approximate surface area is 155 Å². The first kappa shape index (κ1) is 19.4. The van der Waals surface area contributed by atoms with Crippen LogP contribution in [0.3, 0.4) is 0 Å². The molecule has 0 spiro atoms. The number of benzene rings is 1. The van der Waals surface area contributed by atoms with E-state index in [0.29, 0.717) is 5.56 Å². The molecule has 1 aromatic carbocycles. The molecule has 1 aromatic rings. The van der Waals surface area contributed by atoms with Crippen LogP contribution < -0.4 is 0 Å². The van der Waals surface area contributed by atoms with Crippen LogP contribution in [-0.4, -0.2) is 26.0 Å². The van der Waals surface area contributed by atoms with E-state index in [1.54, 1.807) is 6.07 Å². The summed E-state index contributed by atoms with van der Waals surface area (Å²) in [7, 11) is -2.88. The molecule has 0 amide bonds. The van der Waals surface area contributed by atoms with Crippen molar-refractivity contribution in [2.24, 2.45) is 11.8 Å². The maximum Gasteiger partial charge on any atom is 0.308 e. The van der Waals surface area contributed by atoms with Gasteiger partial charge in [0.1, 0.15) is 0 Å². The predicted octanol–water partition coefficient (Wildman–Crippen LogP) is 3.85. The third-order valence-electron chi connectivity index (χ3n) is 6.49. The molecule has 0 bridgehead atoms. The van der Waals surface area contributed by atoms with E-state index in [9.17, 15) is 17.8 Å². The van der Waals surface area contributed by atoms with Crippen molar-refractivity contribution in [2.45, 2.75) is 69.1 Å². The van der Waals surface area contributed by atoms with Crippen LogP contribution in [0.4, 0.5) is 0 Å². The standard InChI is InChI=1S/C20H28O5S/c1-12(2)15-10-13-7-8-16-14(19(21)25-4)6-5-9-20(16,3)17(13)11-18(15)26(22,23)24/h10-12,14,16H,5-9H2,1-4H3,(H,22,23,24)/t14-,16-,20+/m1/s1. The smallest absolute Gasteiger partial charge is 0.308 e. The number of aryl methyl sites for hydroxylation is 1. The van der Waals surface area contributed by atoms with Crippen LogP contribution in [-0.2, 0) is 31.5 Å². The van der Waals surface area contributed by atoms with E-state index in [1.165, 1.54) is 7.11 Å². The Morgan fingerprint density at radius 2 is 2.00 bits per heavy atom. The van der Waals surface area contributed by atoms with Gasteiger partial charge in [-0.2, -0.15) is 8.42 Å². The highest BCUT2D eigenvalue weighted by Gasteiger charge is 2.49. The highest BCUT2D eigenvalue weighted by atomic mass is 32.2. The molecular formula is C20H28O5S. The zero-order valence-corrected chi connectivity index (χ0v) is 16.7. The van der Waals surface area contributed by atoms with Crippen LogP contribution in [0.1, 0.15) is 69.1 Å². The van der Waals surface area contributed by atoms with Gasteiger partial charge >= 0.3 is 5.97 Å². The van der Waals surface area contributed by atoms with Gasteiger partial charge in [0.2, 0.25) is 0 Å². The number of hydrogen-bond acceptors (Lipinski definition) is 4. The number of hydrogen-bond donors (Lipinski definition) is 1. The van der Waals surface area contributed by atoms with Crippen LogP contribution in [0.15, 0.2) is 17.0 Å². The molecule has 1 N–H and O–H groups in total. The van der Waals surface area contributed by atoms with Crippen LogP contribution in [0, 0.1) is 11.8 Å². The van der Waals surface area contributed by atoms with Crippen LogP contribution in [0.25, 0.3) is 0 Å². The van der Waals surface area contributed by atoms with Crippen molar-refractivity contribution in [3.63, 3.8) is 0 Å². The number of fused-ring (bicyclic) bond motifs is 3. The summed E-state index contributed by atoms with van der Waals surface area (Å²) in [5.41, 5.74) is 2.50. The topological polar surface area (TPSA) is 80.7 Å². The molecule has 0 saturated heterocycles. The Bertz CT molecular complexity index is 827. The van der Waals surface area contributed by atoms with Crippen LogP contribution in [0.5, 0.6) is 0 Å². The fourth-order valence-corrected chi connectivity index (χ4v) is 6.03. The zero-order valence-electron chi connectivity index (χ0n) is 15.9. The minimum Gasteiger partial charge on any atom is -0.469 e. The van der Waals surface area contributed by atoms with Crippen molar-refractivity contribution >= 4 is 16.1 Å². The molecular weight excluding hydrogens is 352 g/mol. The second-order valence-corrected chi connectivity index (χ2v) is 9.65. The first-order valence-electron chi connectivity index (χ1n) is 9.32. The van der Waals surface area contributed by atoms with Gasteiger partial charge in [0.15, 0.2) is 0 Å². The van der Waals surface area contributed by atoms with Gasteiger partial charge in [0.25, 0.3) is 10.1 Å². The Hall–Kier alpha value is -1.40. The minimum absolute atomic E-state index is 0.00284. The largest absolute Gasteiger partial charge is 0.469 e. The number of esters is 1. The van der Waals surface area contributed by atoms with Crippen molar-refractivity contribution in [1.29, 1.82) is 0 Å². The SMILES string of the molecule is COC(=O)[C@@H]1CCC[C@]2(C)c3cc(S(=O)(=O)O)c(C(C)C)cc3CC[C@H]12. The van der Waals surface area contributed by atoms with E-state index in [1.807, 2.05) is 19.9 Å². The summed E-state index contributed by atoms with van der Waals surface area (Å²) >= 11 is 0. The number of carbonyl (C=O) groups is 1. The van der Waals surface area contributed by atoms with Gasteiger partial charge in [-0.3, -0.25) is 9.35 Å². The van der Waals surface area contributed by atoms with Crippen LogP contribution >= 0.6 is 0 Å². The maximum atomic E-state index is 12.3. The maximum absolute atomic E-state index is 12.3. The lowest BCUT2D eigenvalue weighted by Gasteiger charge is -2.49. The average molecular weight is 381 g/mol. The van der Waals surface area contributed by atoms with Gasteiger partial charge in [-0.05, 0) is 65.7 Å². The molecule has 0 aromatic heterocycles. The molecule has 0 unspecified atom stereocenters. The van der Waals surface area contributed by atoms with Crippen molar-refractivity contribution in [1.82, 2.24) is 0 Å². The highest BCUT2D eigenvalue weighted by molar-refractivity contribution is 7.85. The van der Waals surface area contributed by atoms with Gasteiger partial charge in [-0.1, -0.05) is 33.3 Å². The summed E-state index contributed by atoms with van der Waals surface area (Å²) < 4.78 is 38.8. The summed E-state index contributed by atoms with van der Waals surface area (Å²) in [5, 5.41) is 0. The number of ether oxygens (including phenoxy) is 1. The average Bonchev–Trinajstić information content (AvgIpc) is 2.58. The third-order valence-corrected chi connectivity index (χ3v) is 7.40. The molecule has 2 aliphatic carbocycles. The van der Waals surface area contributed by atoms with E-state index in [4.69, 9.17) is 4.74 Å². The van der Waals surface area contributed by atoms with Crippen molar-refractivity contribution < 1.29 is 22.5 Å². The molecule has 0 heterocycles. The highest BCUT2D eigenvalue weighted by Crippen LogP contribution is 2.53. The molecule has 5 nitrogen and oxygen atoms in total. The Balaban J connectivity index is 2.17. The molecule has 1 fully saturated rings. The second-order valence-electron chi connectivity index (χ2n) is 8.26. The minimum atomic E-state index is -4.30. The summed E-state index contributed by atoms with van der Waals surface area (Å²) in [6.45, 7) is 5.99. The van der Waals surface area contributed by atoms with E-state index in [-0.39, 0.29) is 34.0 Å². The molecule has 0 radical (unpaired) electrons. The first-order valence-corrected chi connectivity index (χ1v) is 10.8. The third kappa shape index (κ3) is 3.07. The quantitative estimate of drug-likeness (QED) is 0.636. The molecule has 26 heavy (non-hydrogen) atoms. The van der Waals surface area contributed by atoms with E-state index in [0.717, 1.165) is 43.2 Å². The first-order chi connectivity index (χ1) is 12.1. The van der Waals surface area contributed by atoms with Crippen molar-refractivity contribution in [2.75, 3.05) is 7.11 Å². The summed E-state index contributed by atoms with van der Waals surface area (Å²) in [5.74, 6) is -0.184. The van der Waals surface area contributed by atoms with E-state index >= 15 is 0 Å². The van der Waals surface area contributed by atoms with Gasteiger partial charge in [-0.15, -0.1) is 0 Å². The van der Waals surface area contributed by atoms with Crippen molar-refractivity contribution in [3.8, 4) is 0 Å². The molecule has 1 saturated carbocycles. The Kier molecular flexibility index (Phi) is 4.95. The van der Waals surface area contributed by atoms with Gasteiger partial charge in [0, 0.05) is 0 Å². The lowest BCUT2D eigenvalue weighted by atomic mass is 9.54. The second kappa shape index (κ2) is 6.64. The van der Waals surface area contributed by atoms with Gasteiger partial charge in [-0.25, -0.2) is 0 Å². The molecule has 144 valence electrons. The summed E-state index contributed by atoms with van der Waals surface area (Å²) in [6.07, 6.45) is 4.33. The van der Waals surface area contributed by atoms with E-state index < -0.39 is 10.1 Å². The van der Waals surface area contributed by atoms with Gasteiger partial charge < -0.3 is 4.74 Å². The monoisotopic (exact) mass is 380 g/mol. The Morgan fingerprint density at radius 1 is 1.31 bits per heavy atom. The van der Waals surface area contributed by atoms with E-state index in [2.05, 4.69) is 6.92 Å². The fourth-order valence-electron chi connectivity index (χ4n) is 5.18.